The zero-order valence-electron chi connectivity index (χ0n) is 25.9. The summed E-state index contributed by atoms with van der Waals surface area (Å²) in [6, 6.07) is 2.63. The number of ketones is 1. The normalized spacial score (nSPS) is 22.8. The number of phenolic OH excluding ortho intramolecular Hbond substituents is 1. The molecule has 1 heterocycles. The molecule has 2 atom stereocenters. The number of aldehydes is 1. The summed E-state index contributed by atoms with van der Waals surface area (Å²) in [5.74, 6) is -0.959. The van der Waals surface area contributed by atoms with Crippen molar-refractivity contribution in [2.45, 2.75) is 96.7 Å². The van der Waals surface area contributed by atoms with Crippen molar-refractivity contribution in [3.8, 4) is 5.75 Å². The van der Waals surface area contributed by atoms with Gasteiger partial charge >= 0.3 is 5.97 Å². The summed E-state index contributed by atoms with van der Waals surface area (Å²) in [6.45, 7) is 4.01. The molecule has 2 N–H and O–H groups in total. The van der Waals surface area contributed by atoms with E-state index in [2.05, 4.69) is 10.5 Å². The smallest absolute Gasteiger partial charge is 0.339 e. The summed E-state index contributed by atoms with van der Waals surface area (Å²) in [6.07, 6.45) is 16.0. The summed E-state index contributed by atoms with van der Waals surface area (Å²) in [4.78, 5) is 54.8. The van der Waals surface area contributed by atoms with E-state index in [0.717, 1.165) is 38.5 Å². The topological polar surface area (TPSA) is 141 Å². The Morgan fingerprint density at radius 1 is 1.11 bits per heavy atom. The molecule has 2 aliphatic rings. The summed E-state index contributed by atoms with van der Waals surface area (Å²) in [7, 11) is 0. The van der Waals surface area contributed by atoms with Crippen LogP contribution in [-0.4, -0.2) is 66.7 Å². The zero-order chi connectivity index (χ0) is 31.7. The Hall–Kier alpha value is -3.79. The maximum absolute atomic E-state index is 13.3. The van der Waals surface area contributed by atoms with Crippen LogP contribution < -0.4 is 5.32 Å². The molecule has 0 bridgehead atoms. The summed E-state index contributed by atoms with van der Waals surface area (Å²) < 4.78 is 11.7. The number of allylic oxidation sites excluding steroid dienone is 1. The molecule has 0 spiro atoms. The monoisotopic (exact) mass is 610 g/mol. The van der Waals surface area contributed by atoms with Gasteiger partial charge < -0.3 is 24.7 Å². The van der Waals surface area contributed by atoms with Crippen molar-refractivity contribution in [2.75, 3.05) is 19.8 Å². The van der Waals surface area contributed by atoms with Crippen molar-refractivity contribution >= 4 is 29.7 Å². The average Bonchev–Trinajstić information content (AvgIpc) is 2.95. The van der Waals surface area contributed by atoms with Crippen molar-refractivity contribution in [3.05, 3.63) is 53.1 Å². The van der Waals surface area contributed by atoms with Gasteiger partial charge in [0.2, 0.25) is 5.91 Å². The molecule has 10 heteroatoms. The third-order valence-electron chi connectivity index (χ3n) is 7.72. The zero-order valence-corrected chi connectivity index (χ0v) is 25.9. The second kappa shape index (κ2) is 18.8. The number of nitrogens with zero attached hydrogens (tertiary/aromatic N) is 1. The van der Waals surface area contributed by atoms with Crippen LogP contribution in [0.25, 0.3) is 0 Å². The van der Waals surface area contributed by atoms with Crippen molar-refractivity contribution in [3.63, 3.8) is 0 Å². The van der Waals surface area contributed by atoms with Gasteiger partial charge in [0.05, 0.1) is 17.4 Å². The number of fused-ring (bicyclic) bond motifs is 1. The first-order valence-electron chi connectivity index (χ1n) is 15.7. The Kier molecular flexibility index (Phi) is 14.8. The van der Waals surface area contributed by atoms with Crippen LogP contribution in [0.15, 0.2) is 41.6 Å². The molecule has 1 aliphatic heterocycles. The Balaban J connectivity index is 1.84. The number of ether oxygens (including phenoxy) is 2. The number of Topliss-reactive ketones (excluding diaryl/α,β-unsaturated/α-hetero) is 1. The van der Waals surface area contributed by atoms with Crippen molar-refractivity contribution in [1.82, 2.24) is 5.32 Å². The summed E-state index contributed by atoms with van der Waals surface area (Å²) in [5.41, 5.74) is 0.806. The molecule has 1 aromatic carbocycles. The minimum absolute atomic E-state index is 0.0104. The van der Waals surface area contributed by atoms with Gasteiger partial charge in [0.1, 0.15) is 11.9 Å². The predicted molar refractivity (Wildman–Crippen MR) is 167 cm³/mol. The first kappa shape index (κ1) is 34.7. The van der Waals surface area contributed by atoms with E-state index in [1.807, 2.05) is 18.2 Å². The van der Waals surface area contributed by atoms with E-state index < -0.39 is 12.1 Å². The van der Waals surface area contributed by atoms with Crippen LogP contribution in [0.1, 0.15) is 104 Å². The molecule has 1 aliphatic carbocycles. The van der Waals surface area contributed by atoms with Crippen LogP contribution in [0.4, 0.5) is 0 Å². The summed E-state index contributed by atoms with van der Waals surface area (Å²) in [5, 5.41) is 17.3. The Bertz CT molecular complexity index is 1210. The van der Waals surface area contributed by atoms with Crippen LogP contribution in [0.5, 0.6) is 5.75 Å². The number of carbonyl (C=O) groups is 4. The Morgan fingerprint density at radius 2 is 1.86 bits per heavy atom. The number of cyclic esters (lactones) is 1. The van der Waals surface area contributed by atoms with Gasteiger partial charge in [-0.05, 0) is 56.4 Å². The molecule has 44 heavy (non-hydrogen) atoms. The average molecular weight is 611 g/mol. The van der Waals surface area contributed by atoms with Gasteiger partial charge in [0.15, 0.2) is 18.7 Å². The van der Waals surface area contributed by atoms with E-state index >= 15 is 0 Å². The third-order valence-corrected chi connectivity index (χ3v) is 7.72. The van der Waals surface area contributed by atoms with Gasteiger partial charge in [0, 0.05) is 44.4 Å². The molecule has 1 amide bonds. The summed E-state index contributed by atoms with van der Waals surface area (Å²) >= 11 is 0. The van der Waals surface area contributed by atoms with Crippen LogP contribution in [0.3, 0.4) is 0 Å². The van der Waals surface area contributed by atoms with Crippen LogP contribution in [0, 0.1) is 5.92 Å². The standard InChI is InChI=1S/C34H46N2O8/c1-24-11-8-15-31(42-18-10-17-35-25(2)38)16-9-14-29(36-43-23-32(40)26-12-6-4-3-5-7-13-26)19-27-20-30(39)21-28(22-37)33(27)34(41)44-24/h8-9,14-15,20-22,24,26,31,39H,3-7,10-13,16-19,23H2,1-2H3,(H,35,38)/b14-9+,15-8+,36-29+/t24-,31?/m1/s1. The largest absolute Gasteiger partial charge is 0.508 e. The lowest BCUT2D eigenvalue weighted by Gasteiger charge is -2.18. The van der Waals surface area contributed by atoms with E-state index in [1.165, 1.54) is 25.5 Å². The minimum atomic E-state index is -0.686. The molecule has 0 radical (unpaired) electrons. The number of phenols is 1. The van der Waals surface area contributed by atoms with Gasteiger partial charge in [0.25, 0.3) is 0 Å². The second-order valence-electron chi connectivity index (χ2n) is 11.5. The molecule has 240 valence electrons. The Labute approximate surface area is 259 Å². The molecule has 3 rings (SSSR count). The van der Waals surface area contributed by atoms with Crippen LogP contribution >= 0.6 is 0 Å². The second-order valence-corrected chi connectivity index (χ2v) is 11.5. The number of amides is 1. The van der Waals surface area contributed by atoms with Crippen molar-refractivity contribution in [1.29, 1.82) is 0 Å². The molecular weight excluding hydrogens is 564 g/mol. The van der Waals surface area contributed by atoms with Crippen LogP contribution in [-0.2, 0) is 30.3 Å². The lowest BCUT2D eigenvalue weighted by atomic mass is 9.88. The van der Waals surface area contributed by atoms with Crippen molar-refractivity contribution < 1.29 is 38.6 Å². The van der Waals surface area contributed by atoms with Gasteiger partial charge in [-0.25, -0.2) is 4.79 Å². The molecule has 0 saturated heterocycles. The SMILES string of the molecule is CC(=O)NCCCOC1/C=C/C[C@@H](C)OC(=O)c2c(C=O)cc(O)cc2CC(=N/OCC(=O)C2CCCCCCC2)/C=C/C1. The highest BCUT2D eigenvalue weighted by Crippen LogP contribution is 2.25. The van der Waals surface area contributed by atoms with E-state index in [-0.39, 0.29) is 53.6 Å². The molecule has 1 aromatic rings. The van der Waals surface area contributed by atoms with E-state index in [1.54, 1.807) is 13.0 Å². The maximum atomic E-state index is 13.3. The molecule has 1 fully saturated rings. The predicted octanol–water partition coefficient (Wildman–Crippen LogP) is 5.41. The highest BCUT2D eigenvalue weighted by Gasteiger charge is 2.23. The van der Waals surface area contributed by atoms with E-state index in [4.69, 9.17) is 14.3 Å². The Morgan fingerprint density at radius 3 is 2.59 bits per heavy atom. The first-order valence-corrected chi connectivity index (χ1v) is 15.7. The number of carbonyl (C=O) groups excluding carboxylic acids is 4. The number of nitrogens with one attached hydrogen (secondary N) is 1. The highest BCUT2D eigenvalue weighted by molar-refractivity contribution is 6.03. The van der Waals surface area contributed by atoms with Gasteiger partial charge in [-0.15, -0.1) is 0 Å². The molecular formula is C34H46N2O8. The fraction of sp³-hybridized carbons (Fsp3) is 0.559. The quantitative estimate of drug-likeness (QED) is 0.118. The van der Waals surface area contributed by atoms with Crippen LogP contribution in [0.2, 0.25) is 0 Å². The highest BCUT2D eigenvalue weighted by atomic mass is 16.6. The molecule has 1 saturated carbocycles. The third kappa shape index (κ3) is 12.1. The molecule has 10 nitrogen and oxygen atoms in total. The number of hydrogen-bond donors (Lipinski definition) is 2. The number of rotatable bonds is 10. The number of oxime groups is 1. The number of esters is 1. The maximum Gasteiger partial charge on any atom is 0.339 e. The fourth-order valence-corrected chi connectivity index (χ4v) is 5.41. The van der Waals surface area contributed by atoms with E-state index in [9.17, 15) is 24.3 Å². The number of aromatic hydroxyl groups is 1. The van der Waals surface area contributed by atoms with Crippen molar-refractivity contribution in [2.24, 2.45) is 11.1 Å². The number of benzene rings is 1. The molecule has 0 aromatic heterocycles. The molecule has 1 unspecified atom stereocenters. The lowest BCUT2D eigenvalue weighted by Crippen LogP contribution is -2.23. The lowest BCUT2D eigenvalue weighted by molar-refractivity contribution is -0.128. The van der Waals surface area contributed by atoms with Gasteiger partial charge in [-0.3, -0.25) is 14.4 Å². The van der Waals surface area contributed by atoms with Gasteiger partial charge in [-0.1, -0.05) is 55.5 Å². The minimum Gasteiger partial charge on any atom is -0.508 e. The first-order chi connectivity index (χ1) is 21.3. The number of hydrogen-bond acceptors (Lipinski definition) is 9. The van der Waals surface area contributed by atoms with E-state index in [0.29, 0.717) is 50.0 Å². The fourth-order valence-electron chi connectivity index (χ4n) is 5.41. The van der Waals surface area contributed by atoms with Gasteiger partial charge in [-0.2, -0.15) is 0 Å².